The molecule has 1 aromatic rings. The summed E-state index contributed by atoms with van der Waals surface area (Å²) in [5, 5.41) is 0. The third-order valence-electron chi connectivity index (χ3n) is 2.81. The summed E-state index contributed by atoms with van der Waals surface area (Å²) in [7, 11) is 0. The summed E-state index contributed by atoms with van der Waals surface area (Å²) in [6.07, 6.45) is -0.260. The molecule has 0 aliphatic carbocycles. The number of ether oxygens (including phenoxy) is 2. The Hall–Kier alpha value is -1.55. The smallest absolute Gasteiger partial charge is 0.410 e. The molecule has 1 aliphatic heterocycles. The summed E-state index contributed by atoms with van der Waals surface area (Å²) >= 11 is 0. The van der Waals surface area contributed by atoms with Crippen LogP contribution in [-0.4, -0.2) is 36.8 Å². The molecular formula is C13H17NO3. The zero-order chi connectivity index (χ0) is 12.1. The molecule has 1 fully saturated rings. The third kappa shape index (κ3) is 3.20. The zero-order valence-electron chi connectivity index (χ0n) is 9.96. The van der Waals surface area contributed by atoms with E-state index in [2.05, 4.69) is 0 Å². The molecule has 92 valence electrons. The Labute approximate surface area is 101 Å². The number of nitrogens with zero attached hydrogens (tertiary/aromatic N) is 1. The van der Waals surface area contributed by atoms with E-state index >= 15 is 0 Å². The van der Waals surface area contributed by atoms with E-state index in [4.69, 9.17) is 9.47 Å². The summed E-state index contributed by atoms with van der Waals surface area (Å²) in [5.41, 5.74) is 1.00. The van der Waals surface area contributed by atoms with Gasteiger partial charge in [-0.1, -0.05) is 30.3 Å². The summed E-state index contributed by atoms with van der Waals surface area (Å²) < 4.78 is 10.5. The second-order valence-corrected chi connectivity index (χ2v) is 4.16. The molecule has 1 aromatic carbocycles. The molecule has 0 saturated carbocycles. The van der Waals surface area contributed by atoms with Crippen LogP contribution in [0.25, 0.3) is 0 Å². The van der Waals surface area contributed by atoms with Gasteiger partial charge in [0.15, 0.2) is 0 Å². The summed E-state index contributed by atoms with van der Waals surface area (Å²) in [6.45, 7) is 4.06. The molecule has 0 N–H and O–H groups in total. The van der Waals surface area contributed by atoms with Crippen LogP contribution in [0.5, 0.6) is 0 Å². The standard InChI is InChI=1S/C13H17NO3/c1-11-9-16-8-7-14(11)13(15)17-10-12-5-3-2-4-6-12/h2-6,11H,7-10H2,1H3/t11-/m0/s1. The molecule has 0 bridgehead atoms. The molecular weight excluding hydrogens is 218 g/mol. The molecule has 1 amide bonds. The summed E-state index contributed by atoms with van der Waals surface area (Å²) in [4.78, 5) is 13.5. The first kappa shape index (κ1) is 11.9. The molecule has 1 aliphatic rings. The van der Waals surface area contributed by atoms with E-state index in [0.717, 1.165) is 5.56 Å². The molecule has 4 nitrogen and oxygen atoms in total. The fourth-order valence-corrected chi connectivity index (χ4v) is 1.80. The van der Waals surface area contributed by atoms with Crippen molar-refractivity contribution in [3.05, 3.63) is 35.9 Å². The fourth-order valence-electron chi connectivity index (χ4n) is 1.80. The van der Waals surface area contributed by atoms with E-state index < -0.39 is 0 Å². The van der Waals surface area contributed by atoms with Gasteiger partial charge in [0, 0.05) is 6.54 Å². The van der Waals surface area contributed by atoms with Crippen molar-refractivity contribution in [1.82, 2.24) is 4.90 Å². The van der Waals surface area contributed by atoms with Gasteiger partial charge in [-0.05, 0) is 12.5 Å². The average molecular weight is 235 g/mol. The number of morpholine rings is 1. The fraction of sp³-hybridized carbons (Fsp3) is 0.462. The van der Waals surface area contributed by atoms with Crippen LogP contribution in [0.1, 0.15) is 12.5 Å². The van der Waals surface area contributed by atoms with Crippen molar-refractivity contribution >= 4 is 6.09 Å². The summed E-state index contributed by atoms with van der Waals surface area (Å²) in [6, 6.07) is 9.77. The molecule has 1 atom stereocenters. The topological polar surface area (TPSA) is 38.8 Å². The van der Waals surface area contributed by atoms with Crippen LogP contribution in [-0.2, 0) is 16.1 Å². The van der Waals surface area contributed by atoms with Crippen LogP contribution in [0, 0.1) is 0 Å². The first-order valence-corrected chi connectivity index (χ1v) is 5.82. The molecule has 1 saturated heterocycles. The van der Waals surface area contributed by atoms with E-state index in [-0.39, 0.29) is 12.1 Å². The predicted molar refractivity (Wildman–Crippen MR) is 63.6 cm³/mol. The molecule has 0 unspecified atom stereocenters. The van der Waals surface area contributed by atoms with E-state index in [0.29, 0.717) is 26.4 Å². The molecule has 17 heavy (non-hydrogen) atoms. The molecule has 0 spiro atoms. The first-order chi connectivity index (χ1) is 8.27. The van der Waals surface area contributed by atoms with E-state index in [1.54, 1.807) is 4.90 Å². The maximum Gasteiger partial charge on any atom is 0.410 e. The maximum absolute atomic E-state index is 11.8. The van der Waals surface area contributed by atoms with Crippen LogP contribution >= 0.6 is 0 Å². The van der Waals surface area contributed by atoms with Gasteiger partial charge in [-0.15, -0.1) is 0 Å². The highest BCUT2D eigenvalue weighted by atomic mass is 16.6. The van der Waals surface area contributed by atoms with Crippen LogP contribution in [0.3, 0.4) is 0 Å². The van der Waals surface area contributed by atoms with Gasteiger partial charge in [0.1, 0.15) is 6.61 Å². The van der Waals surface area contributed by atoms with Crippen LogP contribution < -0.4 is 0 Å². The van der Waals surface area contributed by atoms with Gasteiger partial charge in [0.2, 0.25) is 0 Å². The van der Waals surface area contributed by atoms with E-state index in [1.807, 2.05) is 37.3 Å². The van der Waals surface area contributed by atoms with Crippen LogP contribution in [0.15, 0.2) is 30.3 Å². The Kier molecular flexibility index (Phi) is 3.98. The number of hydrogen-bond donors (Lipinski definition) is 0. The van der Waals surface area contributed by atoms with Gasteiger partial charge in [-0.2, -0.15) is 0 Å². The molecule has 2 rings (SSSR count). The second kappa shape index (κ2) is 5.68. The SMILES string of the molecule is C[C@H]1COCCN1C(=O)OCc1ccccc1. The lowest BCUT2D eigenvalue weighted by molar-refractivity contribution is -0.00483. The lowest BCUT2D eigenvalue weighted by atomic mass is 10.2. The van der Waals surface area contributed by atoms with Gasteiger partial charge in [0.25, 0.3) is 0 Å². The number of hydrogen-bond acceptors (Lipinski definition) is 3. The second-order valence-electron chi connectivity index (χ2n) is 4.16. The minimum absolute atomic E-state index is 0.0898. The predicted octanol–water partition coefficient (Wildman–Crippen LogP) is 2.04. The van der Waals surface area contributed by atoms with Crippen molar-refractivity contribution in [2.75, 3.05) is 19.8 Å². The van der Waals surface area contributed by atoms with Gasteiger partial charge in [0.05, 0.1) is 19.3 Å². The molecule has 4 heteroatoms. The van der Waals surface area contributed by atoms with Crippen molar-refractivity contribution in [2.45, 2.75) is 19.6 Å². The van der Waals surface area contributed by atoms with Crippen molar-refractivity contribution < 1.29 is 14.3 Å². The van der Waals surface area contributed by atoms with E-state index in [9.17, 15) is 4.79 Å². The van der Waals surface area contributed by atoms with Crippen molar-refractivity contribution in [3.8, 4) is 0 Å². The van der Waals surface area contributed by atoms with Gasteiger partial charge >= 0.3 is 6.09 Å². The quantitative estimate of drug-likeness (QED) is 0.787. The minimum Gasteiger partial charge on any atom is -0.445 e. The lowest BCUT2D eigenvalue weighted by Gasteiger charge is -2.32. The summed E-state index contributed by atoms with van der Waals surface area (Å²) in [5.74, 6) is 0. The Morgan fingerprint density at radius 2 is 2.24 bits per heavy atom. The van der Waals surface area contributed by atoms with Crippen molar-refractivity contribution in [1.29, 1.82) is 0 Å². The Balaban J connectivity index is 1.84. The van der Waals surface area contributed by atoms with Gasteiger partial charge < -0.3 is 14.4 Å². The average Bonchev–Trinajstić information content (AvgIpc) is 2.38. The monoisotopic (exact) mass is 235 g/mol. The minimum atomic E-state index is -0.260. The number of carbonyl (C=O) groups excluding carboxylic acids is 1. The number of carbonyl (C=O) groups is 1. The highest BCUT2D eigenvalue weighted by Crippen LogP contribution is 2.09. The van der Waals surface area contributed by atoms with Crippen LogP contribution in [0.2, 0.25) is 0 Å². The maximum atomic E-state index is 11.8. The highest BCUT2D eigenvalue weighted by molar-refractivity contribution is 5.68. The zero-order valence-corrected chi connectivity index (χ0v) is 9.96. The highest BCUT2D eigenvalue weighted by Gasteiger charge is 2.24. The lowest BCUT2D eigenvalue weighted by Crippen LogP contribution is -2.47. The first-order valence-electron chi connectivity index (χ1n) is 5.82. The Bertz CT molecular complexity index is 366. The van der Waals surface area contributed by atoms with E-state index in [1.165, 1.54) is 0 Å². The van der Waals surface area contributed by atoms with Crippen LogP contribution in [0.4, 0.5) is 4.79 Å². The largest absolute Gasteiger partial charge is 0.445 e. The number of amides is 1. The van der Waals surface area contributed by atoms with Crippen molar-refractivity contribution in [2.24, 2.45) is 0 Å². The number of benzene rings is 1. The normalized spacial score (nSPS) is 20.1. The Morgan fingerprint density at radius 3 is 2.94 bits per heavy atom. The van der Waals surface area contributed by atoms with Gasteiger partial charge in [-0.3, -0.25) is 0 Å². The number of rotatable bonds is 2. The molecule has 0 aromatic heterocycles. The van der Waals surface area contributed by atoms with Gasteiger partial charge in [-0.25, -0.2) is 4.79 Å². The molecule has 0 radical (unpaired) electrons. The third-order valence-corrected chi connectivity index (χ3v) is 2.81. The Morgan fingerprint density at radius 1 is 1.47 bits per heavy atom. The molecule has 1 heterocycles. The van der Waals surface area contributed by atoms with Crippen molar-refractivity contribution in [3.63, 3.8) is 0 Å².